The van der Waals surface area contributed by atoms with E-state index in [-0.39, 0.29) is 25.0 Å². The van der Waals surface area contributed by atoms with Gasteiger partial charge in [-0.1, -0.05) is 42.5 Å². The number of aliphatic carboxylic acids is 1. The van der Waals surface area contributed by atoms with E-state index in [0.717, 1.165) is 11.1 Å². The highest BCUT2D eigenvalue weighted by Gasteiger charge is 2.39. The van der Waals surface area contributed by atoms with Gasteiger partial charge >= 0.3 is 5.97 Å². The van der Waals surface area contributed by atoms with Crippen LogP contribution >= 0.6 is 0 Å². The number of carboxylic acids is 1. The van der Waals surface area contributed by atoms with Crippen LogP contribution in [0.2, 0.25) is 0 Å². The van der Waals surface area contributed by atoms with Gasteiger partial charge in [0.15, 0.2) is 0 Å². The van der Waals surface area contributed by atoms with E-state index in [9.17, 15) is 29.4 Å². The largest absolute Gasteiger partial charge is 0.508 e. The second-order valence-electron chi connectivity index (χ2n) is 10.1. The molecule has 0 radical (unpaired) electrons. The maximum atomic E-state index is 13.8. The first-order valence-electron chi connectivity index (χ1n) is 13.6. The number of carbonyl (C=O) groups is 4. The molecule has 0 aromatic heterocycles. The summed E-state index contributed by atoms with van der Waals surface area (Å²) in [6, 6.07) is 11.7. The molecule has 2 aromatic carbocycles. The van der Waals surface area contributed by atoms with E-state index in [4.69, 9.17) is 11.5 Å². The lowest BCUT2D eigenvalue weighted by atomic mass is 10.0. The zero-order chi connectivity index (χ0) is 29.1. The van der Waals surface area contributed by atoms with E-state index >= 15 is 0 Å². The minimum absolute atomic E-state index is 0.102. The molecule has 1 aliphatic rings. The molecule has 0 aliphatic carbocycles. The van der Waals surface area contributed by atoms with Crippen LogP contribution in [0.3, 0.4) is 0 Å². The van der Waals surface area contributed by atoms with Gasteiger partial charge in [0.25, 0.3) is 0 Å². The van der Waals surface area contributed by atoms with E-state index in [1.807, 2.05) is 30.3 Å². The number of carbonyl (C=O) groups excluding carboxylic acids is 3. The number of aromatic hydroxyl groups is 1. The number of unbranched alkanes of at least 4 members (excludes halogenated alkanes) is 1. The standard InChI is InChI=1S/C29H39N5O6/c30-15-5-4-9-23(29(39)40)32-27(37)25-10-6-16-34(25)28(38)24(18-19-7-2-1-3-8-19)33-26(36)22(31)17-20-11-13-21(35)14-12-20/h1-3,7-8,11-14,22-25,35H,4-6,9-10,15-18,30-31H2,(H,32,37)(H,33,36)(H,39,40)/t22-,23-,24-,25-/m0/s1. The average molecular weight is 554 g/mol. The Morgan fingerprint density at radius 1 is 0.925 bits per heavy atom. The lowest BCUT2D eigenvalue weighted by Gasteiger charge is -2.30. The zero-order valence-electron chi connectivity index (χ0n) is 22.5. The van der Waals surface area contributed by atoms with E-state index < -0.39 is 47.9 Å². The molecule has 40 heavy (non-hydrogen) atoms. The number of nitrogens with two attached hydrogens (primary N) is 2. The fraction of sp³-hybridized carbons (Fsp3) is 0.448. The van der Waals surface area contributed by atoms with Gasteiger partial charge in [-0.2, -0.15) is 0 Å². The minimum atomic E-state index is -1.14. The summed E-state index contributed by atoms with van der Waals surface area (Å²) in [6.07, 6.45) is 2.79. The van der Waals surface area contributed by atoms with Gasteiger partial charge < -0.3 is 37.2 Å². The van der Waals surface area contributed by atoms with E-state index in [2.05, 4.69) is 10.6 Å². The van der Waals surface area contributed by atoms with Crippen molar-refractivity contribution in [1.82, 2.24) is 15.5 Å². The fourth-order valence-corrected chi connectivity index (χ4v) is 4.83. The Morgan fingerprint density at radius 3 is 2.25 bits per heavy atom. The van der Waals surface area contributed by atoms with Crippen LogP contribution in [-0.2, 0) is 32.0 Å². The summed E-state index contributed by atoms with van der Waals surface area (Å²) in [5, 5.41) is 24.4. The van der Waals surface area contributed by atoms with Crippen LogP contribution in [0.25, 0.3) is 0 Å². The molecule has 1 saturated heterocycles. The van der Waals surface area contributed by atoms with Crippen LogP contribution in [0.5, 0.6) is 5.75 Å². The van der Waals surface area contributed by atoms with E-state index in [1.165, 1.54) is 17.0 Å². The van der Waals surface area contributed by atoms with E-state index in [0.29, 0.717) is 38.8 Å². The molecule has 11 heteroatoms. The second-order valence-corrected chi connectivity index (χ2v) is 10.1. The average Bonchev–Trinajstić information content (AvgIpc) is 3.43. The number of hydrogen-bond acceptors (Lipinski definition) is 7. The number of carboxylic acid groups (broad SMARTS) is 1. The molecular formula is C29H39N5O6. The molecule has 3 amide bonds. The van der Waals surface area contributed by atoms with Crippen molar-refractivity contribution >= 4 is 23.7 Å². The monoisotopic (exact) mass is 553 g/mol. The van der Waals surface area contributed by atoms with Crippen LogP contribution in [0.4, 0.5) is 0 Å². The number of benzene rings is 2. The number of hydrogen-bond donors (Lipinski definition) is 6. The lowest BCUT2D eigenvalue weighted by Crippen LogP contribution is -2.57. The molecule has 0 saturated carbocycles. The number of amides is 3. The molecule has 1 fully saturated rings. The van der Waals surface area contributed by atoms with Gasteiger partial charge in [0.2, 0.25) is 17.7 Å². The molecule has 1 aliphatic heterocycles. The number of nitrogens with zero attached hydrogens (tertiary/aromatic N) is 1. The van der Waals surface area contributed by atoms with Crippen molar-refractivity contribution in [2.24, 2.45) is 11.5 Å². The summed E-state index contributed by atoms with van der Waals surface area (Å²) in [5.41, 5.74) is 13.2. The summed E-state index contributed by atoms with van der Waals surface area (Å²) >= 11 is 0. The number of rotatable bonds is 14. The van der Waals surface area contributed by atoms with Crippen molar-refractivity contribution in [3.63, 3.8) is 0 Å². The lowest BCUT2D eigenvalue weighted by molar-refractivity contribution is -0.145. The van der Waals surface area contributed by atoms with Crippen LogP contribution in [-0.4, -0.2) is 76.1 Å². The first-order valence-corrected chi connectivity index (χ1v) is 13.6. The Bertz CT molecular complexity index is 1140. The Kier molecular flexibility index (Phi) is 11.5. The molecule has 2 aromatic rings. The molecule has 3 rings (SSSR count). The van der Waals surface area contributed by atoms with Gasteiger partial charge in [-0.05, 0) is 68.3 Å². The third kappa shape index (κ3) is 8.78. The maximum Gasteiger partial charge on any atom is 0.326 e. The number of phenolic OH excluding ortho intramolecular Hbond substituents is 1. The van der Waals surface area contributed by atoms with Crippen molar-refractivity contribution in [3.8, 4) is 5.75 Å². The summed E-state index contributed by atoms with van der Waals surface area (Å²) in [6.45, 7) is 0.737. The molecule has 1 heterocycles. The molecular weight excluding hydrogens is 514 g/mol. The molecule has 8 N–H and O–H groups in total. The Hall–Kier alpha value is -3.96. The summed E-state index contributed by atoms with van der Waals surface area (Å²) < 4.78 is 0. The predicted molar refractivity (Wildman–Crippen MR) is 149 cm³/mol. The van der Waals surface area contributed by atoms with Crippen molar-refractivity contribution in [2.45, 2.75) is 69.1 Å². The Balaban J connectivity index is 1.73. The molecule has 0 unspecified atom stereocenters. The summed E-state index contributed by atoms with van der Waals surface area (Å²) in [5.74, 6) is -2.52. The third-order valence-electron chi connectivity index (χ3n) is 7.03. The Morgan fingerprint density at radius 2 is 1.60 bits per heavy atom. The topological polar surface area (TPSA) is 188 Å². The third-order valence-corrected chi connectivity index (χ3v) is 7.03. The second kappa shape index (κ2) is 15.0. The highest BCUT2D eigenvalue weighted by atomic mass is 16.4. The first-order chi connectivity index (χ1) is 19.2. The SMILES string of the molecule is NCCCC[C@H](NC(=O)[C@@H]1CCCN1C(=O)[C@H](Cc1ccccc1)NC(=O)[C@@H](N)Cc1ccc(O)cc1)C(=O)O. The number of nitrogens with one attached hydrogen (secondary N) is 2. The Labute approximate surface area is 233 Å². The van der Waals surface area contributed by atoms with Gasteiger partial charge in [0.05, 0.1) is 6.04 Å². The van der Waals surface area contributed by atoms with Gasteiger partial charge in [0, 0.05) is 13.0 Å². The predicted octanol–water partition coefficient (Wildman–Crippen LogP) is 0.679. The van der Waals surface area contributed by atoms with Crippen molar-refractivity contribution in [1.29, 1.82) is 0 Å². The summed E-state index contributed by atoms with van der Waals surface area (Å²) in [7, 11) is 0. The van der Waals surface area contributed by atoms with Crippen molar-refractivity contribution in [2.75, 3.05) is 13.1 Å². The molecule has 0 spiro atoms. The molecule has 11 nitrogen and oxygen atoms in total. The van der Waals surface area contributed by atoms with Crippen LogP contribution in [0, 0.1) is 0 Å². The molecule has 0 bridgehead atoms. The van der Waals surface area contributed by atoms with Gasteiger partial charge in [-0.15, -0.1) is 0 Å². The number of likely N-dealkylation sites (tertiary alicyclic amines) is 1. The maximum absolute atomic E-state index is 13.8. The van der Waals surface area contributed by atoms with Crippen molar-refractivity contribution < 1.29 is 29.4 Å². The van der Waals surface area contributed by atoms with Crippen LogP contribution in [0.1, 0.15) is 43.2 Å². The van der Waals surface area contributed by atoms with Crippen LogP contribution < -0.4 is 22.1 Å². The highest BCUT2D eigenvalue weighted by Crippen LogP contribution is 2.21. The fourth-order valence-electron chi connectivity index (χ4n) is 4.83. The quantitative estimate of drug-likeness (QED) is 0.184. The minimum Gasteiger partial charge on any atom is -0.508 e. The molecule has 4 atom stereocenters. The summed E-state index contributed by atoms with van der Waals surface area (Å²) in [4.78, 5) is 53.1. The molecule has 216 valence electrons. The van der Waals surface area contributed by atoms with Crippen molar-refractivity contribution in [3.05, 3.63) is 65.7 Å². The van der Waals surface area contributed by atoms with E-state index in [1.54, 1.807) is 12.1 Å². The normalized spacial score (nSPS) is 17.1. The van der Waals surface area contributed by atoms with Gasteiger partial charge in [-0.3, -0.25) is 14.4 Å². The van der Waals surface area contributed by atoms with Gasteiger partial charge in [-0.25, -0.2) is 4.79 Å². The van der Waals surface area contributed by atoms with Crippen LogP contribution in [0.15, 0.2) is 54.6 Å². The number of phenols is 1. The smallest absolute Gasteiger partial charge is 0.326 e. The first kappa shape index (κ1) is 30.6. The highest BCUT2D eigenvalue weighted by molar-refractivity contribution is 5.94. The zero-order valence-corrected chi connectivity index (χ0v) is 22.5. The van der Waals surface area contributed by atoms with Gasteiger partial charge in [0.1, 0.15) is 23.9 Å².